The number of benzene rings is 2. The summed E-state index contributed by atoms with van der Waals surface area (Å²) in [7, 11) is 1.65. The van der Waals surface area contributed by atoms with Gasteiger partial charge in [-0.15, -0.1) is 0 Å². The van der Waals surface area contributed by atoms with Crippen molar-refractivity contribution in [1.82, 2.24) is 5.16 Å². The van der Waals surface area contributed by atoms with Gasteiger partial charge in [-0.05, 0) is 37.6 Å². The molecule has 1 amide bonds. The van der Waals surface area contributed by atoms with E-state index in [0.29, 0.717) is 11.5 Å². The van der Waals surface area contributed by atoms with Crippen molar-refractivity contribution in [3.05, 3.63) is 48.5 Å². The number of rotatable bonds is 5. The molecule has 1 saturated heterocycles. The lowest BCUT2D eigenvalue weighted by Crippen LogP contribution is -2.45. The number of ether oxygens (including phenoxy) is 2. The quantitative estimate of drug-likeness (QED) is 0.649. The second-order valence-electron chi connectivity index (χ2n) is 7.86. The number of carbonyl (C=O) groups is 1. The van der Waals surface area contributed by atoms with Crippen molar-refractivity contribution in [2.75, 3.05) is 30.4 Å². The van der Waals surface area contributed by atoms with Crippen molar-refractivity contribution in [3.8, 4) is 28.2 Å². The van der Waals surface area contributed by atoms with Crippen LogP contribution in [0.1, 0.15) is 20.8 Å². The molecule has 0 bridgehead atoms. The van der Waals surface area contributed by atoms with Gasteiger partial charge in [0.25, 0.3) is 0 Å². The van der Waals surface area contributed by atoms with Gasteiger partial charge in [-0.1, -0.05) is 29.4 Å². The summed E-state index contributed by atoms with van der Waals surface area (Å²) in [5.41, 5.74) is 3.49. The van der Waals surface area contributed by atoms with Crippen molar-refractivity contribution in [2.45, 2.75) is 33.0 Å². The molecule has 2 unspecified atom stereocenters. The van der Waals surface area contributed by atoms with Gasteiger partial charge in [-0.25, -0.2) is 0 Å². The van der Waals surface area contributed by atoms with Crippen LogP contribution in [0.3, 0.4) is 0 Å². The van der Waals surface area contributed by atoms with Gasteiger partial charge >= 0.3 is 0 Å². The lowest BCUT2D eigenvalue weighted by Gasteiger charge is -2.35. The molecule has 162 valence electrons. The number of hydrogen-bond donors (Lipinski definition) is 1. The number of amides is 1. The van der Waals surface area contributed by atoms with Gasteiger partial charge in [0.15, 0.2) is 11.6 Å². The van der Waals surface area contributed by atoms with Crippen molar-refractivity contribution < 1.29 is 18.8 Å². The normalized spacial score (nSPS) is 18.6. The summed E-state index contributed by atoms with van der Waals surface area (Å²) in [6.45, 7) is 7.16. The largest absolute Gasteiger partial charge is 0.495 e. The molecule has 31 heavy (non-hydrogen) atoms. The second kappa shape index (κ2) is 8.81. The van der Waals surface area contributed by atoms with E-state index in [1.807, 2.05) is 48.5 Å². The van der Waals surface area contributed by atoms with E-state index in [1.54, 1.807) is 7.11 Å². The van der Waals surface area contributed by atoms with Crippen LogP contribution in [-0.4, -0.2) is 43.5 Å². The topological polar surface area (TPSA) is 76.8 Å². The third-order valence-corrected chi connectivity index (χ3v) is 5.24. The van der Waals surface area contributed by atoms with Crippen molar-refractivity contribution in [2.24, 2.45) is 0 Å². The summed E-state index contributed by atoms with van der Waals surface area (Å²) in [4.78, 5) is 13.4. The van der Waals surface area contributed by atoms with Crippen molar-refractivity contribution in [3.63, 3.8) is 0 Å². The molecule has 7 heteroatoms. The number of carbonyl (C=O) groups excluding carboxylic acids is 1. The lowest BCUT2D eigenvalue weighted by atomic mass is 10.00. The van der Waals surface area contributed by atoms with Crippen LogP contribution < -0.4 is 15.0 Å². The van der Waals surface area contributed by atoms with Crippen LogP contribution in [-0.2, 0) is 9.53 Å². The van der Waals surface area contributed by atoms with E-state index in [2.05, 4.69) is 29.2 Å². The fraction of sp³-hybridized carbons (Fsp3) is 0.333. The monoisotopic (exact) mass is 421 g/mol. The first-order valence-electron chi connectivity index (χ1n) is 10.4. The molecule has 1 fully saturated rings. The van der Waals surface area contributed by atoms with Gasteiger partial charge in [0.2, 0.25) is 5.91 Å². The smallest absolute Gasteiger partial charge is 0.221 e. The van der Waals surface area contributed by atoms with E-state index >= 15 is 0 Å². The minimum atomic E-state index is -0.0995. The Balaban J connectivity index is 1.65. The summed E-state index contributed by atoms with van der Waals surface area (Å²) in [6, 6.07) is 15.5. The number of nitrogens with one attached hydrogen (secondary N) is 1. The Bertz CT molecular complexity index is 1050. The van der Waals surface area contributed by atoms with Crippen LogP contribution in [0.4, 0.5) is 11.5 Å². The zero-order chi connectivity index (χ0) is 22.0. The minimum absolute atomic E-state index is 0.0995. The molecule has 1 aliphatic heterocycles. The van der Waals surface area contributed by atoms with E-state index < -0.39 is 0 Å². The zero-order valence-corrected chi connectivity index (χ0v) is 18.2. The third kappa shape index (κ3) is 4.56. The molecule has 1 aromatic heterocycles. The molecule has 2 aromatic carbocycles. The molecular formula is C24H27N3O4. The SMILES string of the molecule is COc1c(-c2ccc(NC(C)=O)cc2)cccc1-c1cc(N2CC(C)OC(C)C2)no1. The first-order valence-corrected chi connectivity index (χ1v) is 10.4. The Hall–Kier alpha value is -3.32. The van der Waals surface area contributed by atoms with Crippen LogP contribution in [0.25, 0.3) is 22.5 Å². The molecule has 0 spiro atoms. The highest BCUT2D eigenvalue weighted by Gasteiger charge is 2.25. The summed E-state index contributed by atoms with van der Waals surface area (Å²) in [5.74, 6) is 2.05. The summed E-state index contributed by atoms with van der Waals surface area (Å²) in [5, 5.41) is 7.08. The standard InChI is InChI=1S/C24H27N3O4/c1-15-13-27(14-16(2)30-15)23-12-22(31-26-23)21-7-5-6-20(24(21)29-4)18-8-10-19(11-9-18)25-17(3)28/h5-12,15-16H,13-14H2,1-4H3,(H,25,28). The van der Waals surface area contributed by atoms with E-state index in [4.69, 9.17) is 14.0 Å². The number of para-hydroxylation sites is 1. The van der Waals surface area contributed by atoms with Crippen molar-refractivity contribution in [1.29, 1.82) is 0 Å². The van der Waals surface area contributed by atoms with E-state index in [-0.39, 0.29) is 18.1 Å². The molecule has 1 aliphatic rings. The summed E-state index contributed by atoms with van der Waals surface area (Å²) >= 11 is 0. The Morgan fingerprint density at radius 3 is 2.42 bits per heavy atom. The first kappa shape index (κ1) is 20.9. The lowest BCUT2D eigenvalue weighted by molar-refractivity contribution is -0.114. The minimum Gasteiger partial charge on any atom is -0.495 e. The fourth-order valence-corrected chi connectivity index (χ4v) is 4.02. The predicted molar refractivity (Wildman–Crippen MR) is 120 cm³/mol. The molecule has 2 atom stereocenters. The number of methoxy groups -OCH3 is 1. The maximum Gasteiger partial charge on any atom is 0.221 e. The molecule has 4 rings (SSSR count). The van der Waals surface area contributed by atoms with E-state index in [1.165, 1.54) is 6.92 Å². The Kier molecular flexibility index (Phi) is 5.95. The summed E-state index contributed by atoms with van der Waals surface area (Å²) < 4.78 is 17.3. The van der Waals surface area contributed by atoms with Gasteiger partial charge in [0, 0.05) is 37.3 Å². The van der Waals surface area contributed by atoms with E-state index in [0.717, 1.165) is 41.3 Å². The Morgan fingerprint density at radius 1 is 1.10 bits per heavy atom. The number of morpholine rings is 1. The average molecular weight is 421 g/mol. The van der Waals surface area contributed by atoms with Gasteiger partial charge in [0.05, 0.1) is 24.9 Å². The highest BCUT2D eigenvalue weighted by Crippen LogP contribution is 2.40. The van der Waals surface area contributed by atoms with Crippen LogP contribution in [0.15, 0.2) is 53.1 Å². The molecular weight excluding hydrogens is 394 g/mol. The van der Waals surface area contributed by atoms with Crippen LogP contribution in [0.5, 0.6) is 5.75 Å². The average Bonchev–Trinajstić information content (AvgIpc) is 3.23. The number of nitrogens with zero attached hydrogens (tertiary/aromatic N) is 2. The number of aromatic nitrogens is 1. The molecule has 7 nitrogen and oxygen atoms in total. The Morgan fingerprint density at radius 2 is 1.77 bits per heavy atom. The molecule has 2 heterocycles. The maximum absolute atomic E-state index is 11.3. The summed E-state index contributed by atoms with van der Waals surface area (Å²) in [6.07, 6.45) is 0.282. The highest BCUT2D eigenvalue weighted by molar-refractivity contribution is 5.89. The molecule has 0 radical (unpaired) electrons. The van der Waals surface area contributed by atoms with E-state index in [9.17, 15) is 4.79 Å². The van der Waals surface area contributed by atoms with Gasteiger partial charge in [-0.3, -0.25) is 4.79 Å². The highest BCUT2D eigenvalue weighted by atomic mass is 16.5. The molecule has 0 saturated carbocycles. The van der Waals surface area contributed by atoms with Gasteiger partial charge < -0.3 is 24.2 Å². The second-order valence-corrected chi connectivity index (χ2v) is 7.86. The predicted octanol–water partition coefficient (Wildman–Crippen LogP) is 4.59. The number of anilines is 2. The van der Waals surface area contributed by atoms with Gasteiger partial charge in [0.1, 0.15) is 5.75 Å². The Labute approximate surface area is 181 Å². The number of hydrogen-bond acceptors (Lipinski definition) is 6. The van der Waals surface area contributed by atoms with Crippen LogP contribution in [0.2, 0.25) is 0 Å². The first-order chi connectivity index (χ1) is 14.9. The van der Waals surface area contributed by atoms with Gasteiger partial charge in [-0.2, -0.15) is 0 Å². The van der Waals surface area contributed by atoms with Crippen molar-refractivity contribution >= 4 is 17.4 Å². The van der Waals surface area contributed by atoms with Crippen LogP contribution >= 0.6 is 0 Å². The zero-order valence-electron chi connectivity index (χ0n) is 18.2. The molecule has 0 aliphatic carbocycles. The molecule has 1 N–H and O–H groups in total. The third-order valence-electron chi connectivity index (χ3n) is 5.24. The van der Waals surface area contributed by atoms with Crippen LogP contribution in [0, 0.1) is 0 Å². The maximum atomic E-state index is 11.3. The fourth-order valence-electron chi connectivity index (χ4n) is 4.02. The molecule has 3 aromatic rings.